The van der Waals surface area contributed by atoms with E-state index in [1.807, 2.05) is 0 Å². The van der Waals surface area contributed by atoms with E-state index in [0.717, 1.165) is 43.4 Å². The van der Waals surface area contributed by atoms with Crippen molar-refractivity contribution in [2.75, 3.05) is 0 Å². The van der Waals surface area contributed by atoms with Gasteiger partial charge in [0, 0.05) is 18.8 Å². The van der Waals surface area contributed by atoms with Crippen LogP contribution in [-0.2, 0) is 9.59 Å². The predicted octanol–water partition coefficient (Wildman–Crippen LogP) is 4.38. The predicted molar refractivity (Wildman–Crippen MR) is 104 cm³/mol. The highest BCUT2D eigenvalue weighted by Gasteiger charge is 2.60. The first kappa shape index (κ1) is 19.5. The summed E-state index contributed by atoms with van der Waals surface area (Å²) in [6, 6.07) is 0. The summed E-state index contributed by atoms with van der Waals surface area (Å²) in [6.07, 6.45) is 11.5. The molecule has 0 spiro atoms. The smallest absolute Gasteiger partial charge is 0.133 e. The molecular formula is C24H37O3-. The first-order valence-corrected chi connectivity index (χ1v) is 11.5. The Bertz CT molecular complexity index is 613. The van der Waals surface area contributed by atoms with E-state index in [2.05, 4.69) is 20.8 Å². The summed E-state index contributed by atoms with van der Waals surface area (Å²) < 4.78 is 0. The molecule has 4 fully saturated rings. The van der Waals surface area contributed by atoms with Crippen molar-refractivity contribution in [3.05, 3.63) is 0 Å². The number of aliphatic carboxylic acids is 1. The molecule has 8 atom stereocenters. The molecule has 0 saturated heterocycles. The summed E-state index contributed by atoms with van der Waals surface area (Å²) in [5.74, 6) is 3.82. The SMILES string of the molecule is C[C@@H](CCC(=O)[O-])[C@H]1CC[C@@H]2[C@H]3CC[C@@H]4CC(=O)CC[C@]4(C)[C@H]3CC[C@@]21C. The monoisotopic (exact) mass is 373 g/mol. The van der Waals surface area contributed by atoms with Crippen LogP contribution in [0.25, 0.3) is 0 Å². The fourth-order valence-corrected chi connectivity index (χ4v) is 8.57. The molecule has 0 heterocycles. The van der Waals surface area contributed by atoms with Crippen molar-refractivity contribution in [3.8, 4) is 0 Å². The zero-order valence-corrected chi connectivity index (χ0v) is 17.5. The number of carboxylic acid groups (broad SMARTS) is 1. The van der Waals surface area contributed by atoms with Crippen molar-refractivity contribution in [1.82, 2.24) is 0 Å². The van der Waals surface area contributed by atoms with Gasteiger partial charge >= 0.3 is 0 Å². The molecule has 4 saturated carbocycles. The molecule has 4 aliphatic rings. The van der Waals surface area contributed by atoms with Crippen molar-refractivity contribution >= 4 is 11.8 Å². The average Bonchev–Trinajstić information content (AvgIpc) is 2.97. The molecule has 0 aromatic carbocycles. The molecule has 3 heteroatoms. The maximum Gasteiger partial charge on any atom is 0.133 e. The Labute approximate surface area is 164 Å². The van der Waals surface area contributed by atoms with E-state index >= 15 is 0 Å². The maximum absolute atomic E-state index is 12.0. The van der Waals surface area contributed by atoms with Gasteiger partial charge in [-0.15, -0.1) is 0 Å². The lowest BCUT2D eigenvalue weighted by atomic mass is 9.44. The van der Waals surface area contributed by atoms with Gasteiger partial charge in [-0.2, -0.15) is 0 Å². The third-order valence-corrected chi connectivity index (χ3v) is 10.0. The number of rotatable bonds is 4. The largest absolute Gasteiger partial charge is 0.550 e. The molecule has 0 N–H and O–H groups in total. The van der Waals surface area contributed by atoms with Gasteiger partial charge in [0.25, 0.3) is 0 Å². The molecule has 0 aromatic heterocycles. The number of fused-ring (bicyclic) bond motifs is 5. The zero-order valence-electron chi connectivity index (χ0n) is 17.5. The van der Waals surface area contributed by atoms with Gasteiger partial charge in [0.1, 0.15) is 5.78 Å². The molecule has 0 aliphatic heterocycles. The van der Waals surface area contributed by atoms with Crippen LogP contribution >= 0.6 is 0 Å². The Morgan fingerprint density at radius 3 is 2.56 bits per heavy atom. The zero-order chi connectivity index (χ0) is 19.4. The van der Waals surface area contributed by atoms with Crippen LogP contribution in [-0.4, -0.2) is 11.8 Å². The lowest BCUT2D eigenvalue weighted by Crippen LogP contribution is -2.53. The second-order valence-electron chi connectivity index (χ2n) is 11.0. The molecule has 27 heavy (non-hydrogen) atoms. The molecule has 0 aromatic rings. The maximum atomic E-state index is 12.0. The fourth-order valence-electron chi connectivity index (χ4n) is 8.57. The molecule has 0 unspecified atom stereocenters. The topological polar surface area (TPSA) is 57.2 Å². The van der Waals surface area contributed by atoms with Crippen molar-refractivity contribution in [2.45, 2.75) is 91.4 Å². The van der Waals surface area contributed by atoms with E-state index in [1.165, 1.54) is 38.5 Å². The number of hydrogen-bond acceptors (Lipinski definition) is 3. The highest BCUT2D eigenvalue weighted by Crippen LogP contribution is 2.68. The number of carbonyl (C=O) groups is 2. The van der Waals surface area contributed by atoms with Crippen molar-refractivity contribution in [2.24, 2.45) is 46.3 Å². The van der Waals surface area contributed by atoms with Gasteiger partial charge in [-0.1, -0.05) is 20.8 Å². The molecular weight excluding hydrogens is 336 g/mol. The lowest BCUT2D eigenvalue weighted by molar-refractivity contribution is -0.306. The number of carboxylic acids is 1. The Kier molecular flexibility index (Phi) is 4.96. The van der Waals surface area contributed by atoms with Crippen molar-refractivity contribution in [3.63, 3.8) is 0 Å². The second-order valence-corrected chi connectivity index (χ2v) is 11.0. The lowest BCUT2D eigenvalue weighted by Gasteiger charge is -2.60. The van der Waals surface area contributed by atoms with Crippen LogP contribution in [0.5, 0.6) is 0 Å². The summed E-state index contributed by atoms with van der Waals surface area (Å²) in [5.41, 5.74) is 0.775. The van der Waals surface area contributed by atoms with Gasteiger partial charge in [-0.05, 0) is 104 Å². The number of carbonyl (C=O) groups excluding carboxylic acids is 2. The normalized spacial score (nSPS) is 47.7. The van der Waals surface area contributed by atoms with Crippen molar-refractivity contribution in [1.29, 1.82) is 0 Å². The minimum Gasteiger partial charge on any atom is -0.550 e. The van der Waals surface area contributed by atoms with Gasteiger partial charge in [0.05, 0.1) is 0 Å². The second kappa shape index (κ2) is 6.88. The molecule has 152 valence electrons. The summed E-state index contributed by atoms with van der Waals surface area (Å²) in [4.78, 5) is 23.0. The Balaban J connectivity index is 1.52. The standard InChI is InChI=1S/C24H38O3/c1-15(4-9-22(26)27)19-7-8-20-18-6-5-16-14-17(25)10-12-23(16,2)21(18)11-13-24(19,20)3/h15-16,18-21H,4-14H2,1-3H3,(H,26,27)/p-1/t15-,16+,18+,19+,20+,21-,23-,24+/m0/s1. The van der Waals surface area contributed by atoms with Crippen LogP contribution in [0.1, 0.15) is 91.4 Å². The molecule has 0 amide bonds. The summed E-state index contributed by atoms with van der Waals surface area (Å²) in [7, 11) is 0. The van der Waals surface area contributed by atoms with Crippen LogP contribution in [0.3, 0.4) is 0 Å². The molecule has 3 nitrogen and oxygen atoms in total. The Morgan fingerprint density at radius 2 is 1.81 bits per heavy atom. The summed E-state index contributed by atoms with van der Waals surface area (Å²) in [5, 5.41) is 10.9. The van der Waals surface area contributed by atoms with Gasteiger partial charge in [0.15, 0.2) is 0 Å². The van der Waals surface area contributed by atoms with Gasteiger partial charge in [-0.25, -0.2) is 0 Å². The summed E-state index contributed by atoms with van der Waals surface area (Å²) >= 11 is 0. The van der Waals surface area contributed by atoms with E-state index in [4.69, 9.17) is 0 Å². The number of Topliss-reactive ketones (excluding diaryl/α,β-unsaturated/α-hetero) is 1. The molecule has 0 bridgehead atoms. The van der Waals surface area contributed by atoms with E-state index in [1.54, 1.807) is 0 Å². The minimum atomic E-state index is -0.900. The minimum absolute atomic E-state index is 0.207. The number of ketones is 1. The third-order valence-electron chi connectivity index (χ3n) is 10.0. The van der Waals surface area contributed by atoms with E-state index in [-0.39, 0.29) is 6.42 Å². The first-order chi connectivity index (χ1) is 12.8. The fraction of sp³-hybridized carbons (Fsp3) is 0.917. The molecule has 4 rings (SSSR count). The highest BCUT2D eigenvalue weighted by atomic mass is 16.4. The Morgan fingerprint density at radius 1 is 1.07 bits per heavy atom. The van der Waals surface area contributed by atoms with E-state index in [9.17, 15) is 14.7 Å². The Hall–Kier alpha value is -0.860. The van der Waals surface area contributed by atoms with E-state index in [0.29, 0.717) is 34.4 Å². The third kappa shape index (κ3) is 3.08. The van der Waals surface area contributed by atoms with Crippen LogP contribution < -0.4 is 5.11 Å². The van der Waals surface area contributed by atoms with Gasteiger partial charge in [0.2, 0.25) is 0 Å². The molecule has 4 aliphatic carbocycles. The molecule has 0 radical (unpaired) electrons. The van der Waals surface area contributed by atoms with E-state index < -0.39 is 5.97 Å². The van der Waals surface area contributed by atoms with Gasteiger partial charge < -0.3 is 9.90 Å². The van der Waals surface area contributed by atoms with Crippen LogP contribution in [0.15, 0.2) is 0 Å². The van der Waals surface area contributed by atoms with Gasteiger partial charge in [-0.3, -0.25) is 4.79 Å². The highest BCUT2D eigenvalue weighted by molar-refractivity contribution is 5.79. The first-order valence-electron chi connectivity index (χ1n) is 11.5. The average molecular weight is 374 g/mol. The van der Waals surface area contributed by atoms with Crippen LogP contribution in [0.2, 0.25) is 0 Å². The van der Waals surface area contributed by atoms with Crippen LogP contribution in [0.4, 0.5) is 0 Å². The van der Waals surface area contributed by atoms with Crippen molar-refractivity contribution < 1.29 is 14.7 Å². The summed E-state index contributed by atoms with van der Waals surface area (Å²) in [6.45, 7) is 7.32. The quantitative estimate of drug-likeness (QED) is 0.735. The number of hydrogen-bond donors (Lipinski definition) is 0. The van der Waals surface area contributed by atoms with Crippen LogP contribution in [0, 0.1) is 46.3 Å².